The first-order chi connectivity index (χ1) is 8.85. The fourth-order valence-corrected chi connectivity index (χ4v) is 3.47. The maximum Gasteiger partial charge on any atom is 0.0564 e. The Morgan fingerprint density at radius 3 is 2.89 bits per heavy atom. The summed E-state index contributed by atoms with van der Waals surface area (Å²) in [5.74, 6) is 0. The van der Waals surface area contributed by atoms with E-state index in [2.05, 4.69) is 27.3 Å². The monoisotopic (exact) mass is 269 g/mol. The Kier molecular flexibility index (Phi) is 5.59. The van der Waals surface area contributed by atoms with Gasteiger partial charge in [-0.25, -0.2) is 0 Å². The Balaban J connectivity index is 1.95. The van der Waals surface area contributed by atoms with Gasteiger partial charge in [0.25, 0.3) is 0 Å². The summed E-state index contributed by atoms with van der Waals surface area (Å²) in [7, 11) is 0. The lowest BCUT2D eigenvalue weighted by molar-refractivity contribution is 0.183. The van der Waals surface area contributed by atoms with Crippen molar-refractivity contribution in [2.75, 3.05) is 45.9 Å². The van der Waals surface area contributed by atoms with Crippen molar-refractivity contribution in [2.24, 2.45) is 5.73 Å². The number of aliphatic hydroxyl groups is 1. The number of nitrogens with two attached hydrogens (primary N) is 1. The van der Waals surface area contributed by atoms with Crippen molar-refractivity contribution < 1.29 is 5.11 Å². The van der Waals surface area contributed by atoms with E-state index in [0.717, 1.165) is 39.1 Å². The lowest BCUT2D eigenvalue weighted by atomic mass is 10.2. The first kappa shape index (κ1) is 14.0. The number of nitrogens with zero attached hydrogens (tertiary/aromatic N) is 2. The van der Waals surface area contributed by atoms with Crippen LogP contribution in [-0.4, -0.2) is 60.8 Å². The van der Waals surface area contributed by atoms with E-state index >= 15 is 0 Å². The molecule has 1 fully saturated rings. The van der Waals surface area contributed by atoms with Gasteiger partial charge in [0, 0.05) is 37.6 Å². The Labute approximate surface area is 113 Å². The highest BCUT2D eigenvalue weighted by Gasteiger charge is 2.22. The molecule has 1 atom stereocenters. The normalized spacial score (nSPS) is 20.8. The smallest absolute Gasteiger partial charge is 0.0564 e. The molecule has 1 aromatic rings. The number of rotatable bonds is 5. The average Bonchev–Trinajstić information content (AvgIpc) is 2.80. The average molecular weight is 269 g/mol. The van der Waals surface area contributed by atoms with Crippen LogP contribution in [0.5, 0.6) is 0 Å². The molecule has 2 heterocycles. The number of aliphatic hydroxyl groups excluding tert-OH is 1. The van der Waals surface area contributed by atoms with E-state index in [9.17, 15) is 0 Å². The maximum atomic E-state index is 9.01. The summed E-state index contributed by atoms with van der Waals surface area (Å²) in [5.41, 5.74) is 5.95. The fraction of sp³-hybridized carbons (Fsp3) is 0.692. The van der Waals surface area contributed by atoms with Crippen molar-refractivity contribution in [3.05, 3.63) is 22.4 Å². The van der Waals surface area contributed by atoms with Gasteiger partial charge in [-0.2, -0.15) is 0 Å². The molecular formula is C13H23N3OS. The van der Waals surface area contributed by atoms with E-state index < -0.39 is 0 Å². The third-order valence-electron chi connectivity index (χ3n) is 3.57. The quantitative estimate of drug-likeness (QED) is 0.828. The molecule has 0 amide bonds. The minimum Gasteiger partial charge on any atom is -0.395 e. The Morgan fingerprint density at radius 2 is 2.22 bits per heavy atom. The van der Waals surface area contributed by atoms with Crippen LogP contribution < -0.4 is 5.73 Å². The van der Waals surface area contributed by atoms with E-state index in [1.165, 1.54) is 4.88 Å². The summed E-state index contributed by atoms with van der Waals surface area (Å²) in [6, 6.07) is 4.64. The molecule has 1 unspecified atom stereocenters. The molecule has 0 bridgehead atoms. The molecule has 102 valence electrons. The maximum absolute atomic E-state index is 9.01. The van der Waals surface area contributed by atoms with Crippen LogP contribution in [0.1, 0.15) is 17.3 Å². The number of hydrogen-bond donors (Lipinski definition) is 2. The van der Waals surface area contributed by atoms with Gasteiger partial charge in [0.1, 0.15) is 0 Å². The van der Waals surface area contributed by atoms with Crippen LogP contribution in [-0.2, 0) is 0 Å². The minimum atomic E-state index is 0.255. The van der Waals surface area contributed by atoms with Gasteiger partial charge in [0.2, 0.25) is 0 Å². The van der Waals surface area contributed by atoms with E-state index in [4.69, 9.17) is 10.8 Å². The van der Waals surface area contributed by atoms with Crippen molar-refractivity contribution in [3.63, 3.8) is 0 Å². The van der Waals surface area contributed by atoms with Crippen LogP contribution in [0.15, 0.2) is 17.5 Å². The summed E-state index contributed by atoms with van der Waals surface area (Å²) >= 11 is 1.79. The molecule has 2 rings (SSSR count). The van der Waals surface area contributed by atoms with Gasteiger partial charge in [-0.15, -0.1) is 11.3 Å². The van der Waals surface area contributed by atoms with Crippen molar-refractivity contribution in [3.8, 4) is 0 Å². The van der Waals surface area contributed by atoms with Gasteiger partial charge in [0.15, 0.2) is 0 Å². The molecule has 1 aromatic heterocycles. The Morgan fingerprint density at radius 1 is 1.33 bits per heavy atom. The van der Waals surface area contributed by atoms with Gasteiger partial charge in [0.05, 0.1) is 12.6 Å². The van der Waals surface area contributed by atoms with Crippen LogP contribution >= 0.6 is 11.3 Å². The molecule has 5 heteroatoms. The van der Waals surface area contributed by atoms with Crippen LogP contribution in [0.3, 0.4) is 0 Å². The summed E-state index contributed by atoms with van der Waals surface area (Å²) in [6.45, 7) is 5.98. The zero-order valence-electron chi connectivity index (χ0n) is 10.8. The SMILES string of the molecule is NCC(c1cccs1)N1CCCN(CCO)CC1. The molecule has 18 heavy (non-hydrogen) atoms. The third kappa shape index (κ3) is 3.52. The molecule has 1 aliphatic rings. The zero-order chi connectivity index (χ0) is 12.8. The standard InChI is InChI=1S/C13H23N3OS/c14-11-12(13-3-1-10-18-13)16-5-2-4-15(6-7-16)8-9-17/h1,3,10,12,17H,2,4-9,11,14H2. The second kappa shape index (κ2) is 7.21. The first-order valence-electron chi connectivity index (χ1n) is 6.66. The lowest BCUT2D eigenvalue weighted by Crippen LogP contribution is -2.37. The predicted octanol–water partition coefficient (Wildman–Crippen LogP) is 0.748. The van der Waals surface area contributed by atoms with Crippen molar-refractivity contribution in [1.82, 2.24) is 9.80 Å². The molecular weight excluding hydrogens is 246 g/mol. The molecule has 0 radical (unpaired) electrons. The zero-order valence-corrected chi connectivity index (χ0v) is 11.6. The van der Waals surface area contributed by atoms with Crippen molar-refractivity contribution in [1.29, 1.82) is 0 Å². The molecule has 3 N–H and O–H groups in total. The third-order valence-corrected chi connectivity index (χ3v) is 4.55. The first-order valence-corrected chi connectivity index (χ1v) is 7.54. The van der Waals surface area contributed by atoms with Gasteiger partial charge < -0.3 is 10.8 Å². The Hall–Kier alpha value is -0.460. The number of hydrogen-bond acceptors (Lipinski definition) is 5. The summed E-state index contributed by atoms with van der Waals surface area (Å²) < 4.78 is 0. The topological polar surface area (TPSA) is 52.7 Å². The summed E-state index contributed by atoms with van der Waals surface area (Å²) in [6.07, 6.45) is 1.15. The van der Waals surface area contributed by atoms with Gasteiger partial charge in [-0.3, -0.25) is 9.80 Å². The second-order valence-electron chi connectivity index (χ2n) is 4.72. The highest BCUT2D eigenvalue weighted by atomic mass is 32.1. The fourth-order valence-electron chi connectivity index (χ4n) is 2.59. The number of β-amino-alcohol motifs (C(OH)–C–C–N with tert-alkyl or cyclic N) is 1. The summed E-state index contributed by atoms with van der Waals surface area (Å²) in [4.78, 5) is 6.19. The molecule has 1 saturated heterocycles. The van der Waals surface area contributed by atoms with Crippen LogP contribution in [0.25, 0.3) is 0 Å². The van der Waals surface area contributed by atoms with Crippen LogP contribution in [0.4, 0.5) is 0 Å². The Bertz CT molecular complexity index is 331. The number of thiophene rings is 1. The molecule has 1 aliphatic heterocycles. The second-order valence-corrected chi connectivity index (χ2v) is 5.70. The predicted molar refractivity (Wildman–Crippen MR) is 75.8 cm³/mol. The van der Waals surface area contributed by atoms with Gasteiger partial charge in [-0.05, 0) is 24.4 Å². The van der Waals surface area contributed by atoms with Gasteiger partial charge >= 0.3 is 0 Å². The van der Waals surface area contributed by atoms with Crippen molar-refractivity contribution in [2.45, 2.75) is 12.5 Å². The van der Waals surface area contributed by atoms with E-state index in [1.54, 1.807) is 11.3 Å². The molecule has 4 nitrogen and oxygen atoms in total. The minimum absolute atomic E-state index is 0.255. The highest BCUT2D eigenvalue weighted by Crippen LogP contribution is 2.25. The largest absolute Gasteiger partial charge is 0.395 e. The van der Waals surface area contributed by atoms with E-state index in [-0.39, 0.29) is 6.61 Å². The molecule has 0 saturated carbocycles. The summed E-state index contributed by atoms with van der Waals surface area (Å²) in [5, 5.41) is 11.1. The lowest BCUT2D eigenvalue weighted by Gasteiger charge is -2.29. The van der Waals surface area contributed by atoms with Gasteiger partial charge in [-0.1, -0.05) is 6.07 Å². The molecule has 0 aliphatic carbocycles. The van der Waals surface area contributed by atoms with E-state index in [1.807, 2.05) is 0 Å². The molecule has 0 aromatic carbocycles. The molecule has 0 spiro atoms. The highest BCUT2D eigenvalue weighted by molar-refractivity contribution is 7.10. The van der Waals surface area contributed by atoms with E-state index in [0.29, 0.717) is 12.6 Å². The van der Waals surface area contributed by atoms with Crippen LogP contribution in [0, 0.1) is 0 Å². The van der Waals surface area contributed by atoms with Crippen molar-refractivity contribution >= 4 is 11.3 Å². The van der Waals surface area contributed by atoms with Crippen LogP contribution in [0.2, 0.25) is 0 Å².